The van der Waals surface area contributed by atoms with Crippen molar-refractivity contribution < 1.29 is 14.4 Å². The predicted molar refractivity (Wildman–Crippen MR) is 133 cm³/mol. The van der Waals surface area contributed by atoms with Crippen LogP contribution in [-0.4, -0.2) is 35.2 Å². The smallest absolute Gasteiger partial charge is 0.250 e. The van der Waals surface area contributed by atoms with Gasteiger partial charge in [0.2, 0.25) is 17.7 Å². The number of carbonyl (C=O) groups is 3. The molecule has 3 aliphatic heterocycles. The fourth-order valence-electron chi connectivity index (χ4n) is 6.00. The number of carbonyl (C=O) groups excluding carboxylic acids is 3. The van der Waals surface area contributed by atoms with Crippen molar-refractivity contribution in [3.8, 4) is 0 Å². The number of anilines is 1. The molecule has 3 aliphatic rings. The van der Waals surface area contributed by atoms with Gasteiger partial charge in [-0.25, -0.2) is 0 Å². The third-order valence-electron chi connectivity index (χ3n) is 7.56. The second-order valence-electron chi connectivity index (χ2n) is 9.43. The lowest BCUT2D eigenvalue weighted by Crippen LogP contribution is -2.53. The first-order valence-electron chi connectivity index (χ1n) is 11.8. The van der Waals surface area contributed by atoms with E-state index in [1.165, 1.54) is 4.90 Å². The molecule has 6 rings (SSSR count). The average Bonchev–Trinajstić information content (AvgIpc) is 3.45. The van der Waals surface area contributed by atoms with Crippen molar-refractivity contribution in [3.63, 3.8) is 0 Å². The van der Waals surface area contributed by atoms with Crippen LogP contribution in [0.1, 0.15) is 16.7 Å². The Bertz CT molecular complexity index is 1330. The van der Waals surface area contributed by atoms with Crippen molar-refractivity contribution >= 4 is 35.0 Å². The van der Waals surface area contributed by atoms with Crippen molar-refractivity contribution in [2.24, 2.45) is 11.8 Å². The molecule has 0 saturated carbocycles. The van der Waals surface area contributed by atoms with E-state index in [4.69, 9.17) is 11.6 Å². The lowest BCUT2D eigenvalue weighted by molar-refractivity contribution is -0.142. The van der Waals surface area contributed by atoms with Gasteiger partial charge in [0.15, 0.2) is 0 Å². The van der Waals surface area contributed by atoms with E-state index in [1.54, 1.807) is 12.1 Å². The van der Waals surface area contributed by atoms with Gasteiger partial charge in [-0.3, -0.25) is 24.6 Å². The molecule has 0 aromatic heterocycles. The van der Waals surface area contributed by atoms with Crippen LogP contribution in [0.4, 0.5) is 5.69 Å². The predicted octanol–water partition coefficient (Wildman–Crippen LogP) is 3.55. The first-order valence-corrected chi connectivity index (χ1v) is 12.2. The summed E-state index contributed by atoms with van der Waals surface area (Å²) in [5, 5.41) is 6.77. The van der Waals surface area contributed by atoms with E-state index in [9.17, 15) is 14.4 Å². The van der Waals surface area contributed by atoms with Gasteiger partial charge in [-0.2, -0.15) is 0 Å². The quantitative estimate of drug-likeness (QED) is 0.542. The molecule has 3 aromatic carbocycles. The maximum Gasteiger partial charge on any atom is 0.250 e. The Balaban J connectivity index is 1.41. The molecule has 0 bridgehead atoms. The van der Waals surface area contributed by atoms with Crippen LogP contribution in [0.3, 0.4) is 0 Å². The molecule has 2 N–H and O–H groups in total. The molecule has 7 heteroatoms. The SMILES string of the molecule is O=C1[C@H]2[C@H](Cc3ccccc3)N[C@]3(C(=O)Nc4c(Cl)cccc43)[C@@H]2C(=O)N1CCc1ccccc1. The molecule has 3 amide bonds. The number of amides is 3. The third-order valence-corrected chi connectivity index (χ3v) is 7.87. The van der Waals surface area contributed by atoms with Gasteiger partial charge in [-0.05, 0) is 30.0 Å². The number of benzene rings is 3. The number of nitrogens with zero attached hydrogens (tertiary/aromatic N) is 1. The molecule has 2 saturated heterocycles. The highest BCUT2D eigenvalue weighted by Crippen LogP contribution is 2.54. The van der Waals surface area contributed by atoms with E-state index in [1.807, 2.05) is 66.7 Å². The molecule has 3 aromatic rings. The first-order chi connectivity index (χ1) is 17.0. The van der Waals surface area contributed by atoms with Gasteiger partial charge in [0.1, 0.15) is 5.54 Å². The van der Waals surface area contributed by atoms with Crippen molar-refractivity contribution in [1.82, 2.24) is 10.2 Å². The van der Waals surface area contributed by atoms with Crippen LogP contribution in [0.5, 0.6) is 0 Å². The van der Waals surface area contributed by atoms with Crippen LogP contribution in [0.25, 0.3) is 0 Å². The number of halogens is 1. The van der Waals surface area contributed by atoms with Crippen LogP contribution in [0.2, 0.25) is 5.02 Å². The molecule has 0 unspecified atom stereocenters. The fraction of sp³-hybridized carbons (Fsp3) is 0.250. The van der Waals surface area contributed by atoms with Crippen molar-refractivity contribution in [2.45, 2.75) is 24.4 Å². The Hall–Kier alpha value is -3.48. The van der Waals surface area contributed by atoms with Crippen LogP contribution in [-0.2, 0) is 32.8 Å². The van der Waals surface area contributed by atoms with E-state index >= 15 is 0 Å². The average molecular weight is 486 g/mol. The van der Waals surface area contributed by atoms with E-state index in [-0.39, 0.29) is 30.3 Å². The Morgan fingerprint density at radius 2 is 1.51 bits per heavy atom. The highest BCUT2D eigenvalue weighted by atomic mass is 35.5. The number of hydrogen-bond donors (Lipinski definition) is 2. The number of para-hydroxylation sites is 1. The molecule has 1 spiro atoms. The summed E-state index contributed by atoms with van der Waals surface area (Å²) in [5.41, 5.74) is 1.89. The highest BCUT2D eigenvalue weighted by molar-refractivity contribution is 6.35. The molecule has 35 heavy (non-hydrogen) atoms. The maximum absolute atomic E-state index is 13.9. The van der Waals surface area contributed by atoms with E-state index in [0.717, 1.165) is 11.1 Å². The summed E-state index contributed by atoms with van der Waals surface area (Å²) in [6, 6.07) is 24.5. The zero-order valence-electron chi connectivity index (χ0n) is 18.9. The molecule has 3 heterocycles. The standard InChI is InChI=1S/C28H24ClN3O3/c29-20-13-7-12-19-24(20)30-27(35)28(19)23-22(21(31-28)16-18-10-5-2-6-11-18)25(33)32(26(23)34)15-14-17-8-3-1-4-9-17/h1-13,21-23,31H,14-16H2,(H,30,35)/t21-,22-,23-,28-/m0/s1. The van der Waals surface area contributed by atoms with Gasteiger partial charge in [-0.15, -0.1) is 0 Å². The second-order valence-corrected chi connectivity index (χ2v) is 9.84. The molecule has 0 aliphatic carbocycles. The van der Waals surface area contributed by atoms with Crippen molar-refractivity contribution in [2.75, 3.05) is 11.9 Å². The van der Waals surface area contributed by atoms with Crippen LogP contribution >= 0.6 is 11.6 Å². The minimum atomic E-state index is -1.33. The van der Waals surface area contributed by atoms with Gasteiger partial charge in [0.05, 0.1) is 22.5 Å². The number of nitrogens with one attached hydrogen (secondary N) is 2. The van der Waals surface area contributed by atoms with E-state index in [0.29, 0.717) is 29.1 Å². The lowest BCUT2D eigenvalue weighted by Gasteiger charge is -2.29. The zero-order chi connectivity index (χ0) is 24.2. The van der Waals surface area contributed by atoms with E-state index < -0.39 is 17.4 Å². The Morgan fingerprint density at radius 3 is 2.23 bits per heavy atom. The highest BCUT2D eigenvalue weighted by Gasteiger charge is 2.70. The molecule has 4 atom stereocenters. The largest absolute Gasteiger partial charge is 0.323 e. The molecule has 6 nitrogen and oxygen atoms in total. The number of fused-ring (bicyclic) bond motifs is 4. The van der Waals surface area contributed by atoms with E-state index in [2.05, 4.69) is 10.6 Å². The summed E-state index contributed by atoms with van der Waals surface area (Å²) >= 11 is 6.41. The summed E-state index contributed by atoms with van der Waals surface area (Å²) in [4.78, 5) is 42.6. The Morgan fingerprint density at radius 1 is 0.829 bits per heavy atom. The van der Waals surface area contributed by atoms with Crippen LogP contribution < -0.4 is 10.6 Å². The van der Waals surface area contributed by atoms with Crippen molar-refractivity contribution in [1.29, 1.82) is 0 Å². The Kier molecular flexibility index (Phi) is 5.24. The monoisotopic (exact) mass is 485 g/mol. The number of likely N-dealkylation sites (tertiary alicyclic amines) is 1. The normalized spacial score (nSPS) is 26.8. The fourth-order valence-corrected chi connectivity index (χ4v) is 6.22. The van der Waals surface area contributed by atoms with Crippen LogP contribution in [0, 0.1) is 11.8 Å². The molecule has 0 radical (unpaired) electrons. The van der Waals surface area contributed by atoms with Gasteiger partial charge >= 0.3 is 0 Å². The molecule has 176 valence electrons. The topological polar surface area (TPSA) is 78.5 Å². The third kappa shape index (κ3) is 3.32. The lowest BCUT2D eigenvalue weighted by atomic mass is 9.76. The van der Waals surface area contributed by atoms with Gasteiger partial charge in [0, 0.05) is 18.2 Å². The Labute approximate surface area is 208 Å². The molecular formula is C28H24ClN3O3. The first kappa shape index (κ1) is 22.0. The minimum Gasteiger partial charge on any atom is -0.323 e. The summed E-state index contributed by atoms with van der Waals surface area (Å²) < 4.78 is 0. The summed E-state index contributed by atoms with van der Waals surface area (Å²) in [5.74, 6) is -2.34. The van der Waals surface area contributed by atoms with Gasteiger partial charge < -0.3 is 5.32 Å². The minimum absolute atomic E-state index is 0.218. The number of imide groups is 1. The second kappa shape index (κ2) is 8.33. The molecule has 2 fully saturated rings. The summed E-state index contributed by atoms with van der Waals surface area (Å²) in [6.07, 6.45) is 1.09. The number of rotatable bonds is 5. The molecular weight excluding hydrogens is 462 g/mol. The summed E-state index contributed by atoms with van der Waals surface area (Å²) in [6.45, 7) is 0.285. The maximum atomic E-state index is 13.9. The zero-order valence-corrected chi connectivity index (χ0v) is 19.7. The van der Waals surface area contributed by atoms with Crippen LogP contribution in [0.15, 0.2) is 78.9 Å². The number of hydrogen-bond acceptors (Lipinski definition) is 4. The van der Waals surface area contributed by atoms with Crippen molar-refractivity contribution in [3.05, 3.63) is 101 Å². The summed E-state index contributed by atoms with van der Waals surface area (Å²) in [7, 11) is 0. The van der Waals surface area contributed by atoms with Gasteiger partial charge in [0.25, 0.3) is 0 Å². The van der Waals surface area contributed by atoms with Gasteiger partial charge in [-0.1, -0.05) is 84.4 Å².